The maximum absolute atomic E-state index is 12.9. The number of aromatic nitrogens is 3. The van der Waals surface area contributed by atoms with Crippen molar-refractivity contribution in [2.45, 2.75) is 50.7 Å². The summed E-state index contributed by atoms with van der Waals surface area (Å²) in [5.41, 5.74) is 4.79. The summed E-state index contributed by atoms with van der Waals surface area (Å²) in [6.07, 6.45) is 5.08. The van der Waals surface area contributed by atoms with Gasteiger partial charge < -0.3 is 24.8 Å². The molecule has 2 aromatic heterocycles. The third kappa shape index (κ3) is 5.23. The molecule has 1 saturated heterocycles. The van der Waals surface area contributed by atoms with E-state index in [1.54, 1.807) is 7.11 Å². The molecule has 5 rings (SSSR count). The van der Waals surface area contributed by atoms with Crippen molar-refractivity contribution >= 4 is 17.4 Å². The SMILES string of the molecule is COCC(C)Nc1ncc2c(-c3ccc(C(=O)N4CCOCC4)cc3)cc([C@H]3CC[C@H](O)CC3)n2n1. The van der Waals surface area contributed by atoms with Gasteiger partial charge in [0.2, 0.25) is 5.95 Å². The summed E-state index contributed by atoms with van der Waals surface area (Å²) in [7, 11) is 1.68. The molecule has 0 radical (unpaired) electrons. The third-order valence-corrected chi connectivity index (χ3v) is 7.19. The van der Waals surface area contributed by atoms with E-state index in [0.717, 1.165) is 48.0 Å². The number of fused-ring (bicyclic) bond motifs is 1. The fourth-order valence-corrected chi connectivity index (χ4v) is 5.23. The van der Waals surface area contributed by atoms with Crippen molar-refractivity contribution in [2.24, 2.45) is 0 Å². The van der Waals surface area contributed by atoms with Crippen LogP contribution in [0.1, 0.15) is 54.6 Å². The highest BCUT2D eigenvalue weighted by molar-refractivity contribution is 5.95. The van der Waals surface area contributed by atoms with Crippen LogP contribution < -0.4 is 5.32 Å². The van der Waals surface area contributed by atoms with Gasteiger partial charge in [-0.2, -0.15) is 0 Å². The Hall–Kier alpha value is -3.01. The van der Waals surface area contributed by atoms with E-state index in [4.69, 9.17) is 14.6 Å². The number of methoxy groups -OCH3 is 1. The average molecular weight is 494 g/mol. The van der Waals surface area contributed by atoms with E-state index >= 15 is 0 Å². The molecule has 9 nitrogen and oxygen atoms in total. The molecule has 0 spiro atoms. The zero-order valence-electron chi connectivity index (χ0n) is 21.0. The van der Waals surface area contributed by atoms with Crippen LogP contribution in [0.2, 0.25) is 0 Å². The molecule has 2 aliphatic rings. The molecule has 1 atom stereocenters. The van der Waals surface area contributed by atoms with Crippen LogP contribution in [-0.2, 0) is 9.47 Å². The zero-order valence-corrected chi connectivity index (χ0v) is 21.0. The predicted octanol–water partition coefficient (Wildman–Crippen LogP) is 3.33. The Morgan fingerprint density at radius 2 is 1.92 bits per heavy atom. The minimum atomic E-state index is -0.217. The molecule has 0 bridgehead atoms. The second kappa shape index (κ2) is 10.9. The van der Waals surface area contributed by atoms with Crippen LogP contribution in [0.5, 0.6) is 0 Å². The largest absolute Gasteiger partial charge is 0.393 e. The maximum Gasteiger partial charge on any atom is 0.254 e. The van der Waals surface area contributed by atoms with Crippen molar-refractivity contribution in [1.29, 1.82) is 0 Å². The van der Waals surface area contributed by atoms with Crippen molar-refractivity contribution < 1.29 is 19.4 Å². The quantitative estimate of drug-likeness (QED) is 0.521. The molecule has 1 amide bonds. The number of rotatable bonds is 7. The normalized spacial score (nSPS) is 21.5. The summed E-state index contributed by atoms with van der Waals surface area (Å²) < 4.78 is 12.6. The lowest BCUT2D eigenvalue weighted by Gasteiger charge is -2.26. The van der Waals surface area contributed by atoms with Crippen LogP contribution in [0.25, 0.3) is 16.6 Å². The minimum absolute atomic E-state index is 0.0391. The van der Waals surface area contributed by atoms with Gasteiger partial charge in [0.15, 0.2) is 0 Å². The Kier molecular flexibility index (Phi) is 7.50. The number of aliphatic hydroxyl groups is 1. The Morgan fingerprint density at radius 3 is 2.61 bits per heavy atom. The fraction of sp³-hybridized carbons (Fsp3) is 0.519. The van der Waals surface area contributed by atoms with Crippen LogP contribution in [0.4, 0.5) is 5.95 Å². The molecule has 1 aliphatic heterocycles. The maximum atomic E-state index is 12.9. The number of aliphatic hydroxyl groups excluding tert-OH is 1. The van der Waals surface area contributed by atoms with Gasteiger partial charge in [-0.15, -0.1) is 5.10 Å². The van der Waals surface area contributed by atoms with E-state index in [1.807, 2.05) is 46.8 Å². The fourth-order valence-electron chi connectivity index (χ4n) is 5.23. The van der Waals surface area contributed by atoms with E-state index in [-0.39, 0.29) is 18.1 Å². The number of carbonyl (C=O) groups excluding carboxylic acids is 1. The molecule has 2 fully saturated rings. The Labute approximate surface area is 211 Å². The molecule has 3 aromatic rings. The summed E-state index contributed by atoms with van der Waals surface area (Å²) in [5, 5.41) is 18.2. The lowest BCUT2D eigenvalue weighted by atomic mass is 9.85. The van der Waals surface area contributed by atoms with E-state index < -0.39 is 0 Å². The lowest BCUT2D eigenvalue weighted by molar-refractivity contribution is 0.0303. The van der Waals surface area contributed by atoms with Crippen LogP contribution >= 0.6 is 0 Å². The molecular formula is C27H35N5O4. The number of carbonyl (C=O) groups is 1. The van der Waals surface area contributed by atoms with Crippen molar-refractivity contribution in [1.82, 2.24) is 19.5 Å². The van der Waals surface area contributed by atoms with Gasteiger partial charge in [0, 0.05) is 49.0 Å². The number of hydrogen-bond donors (Lipinski definition) is 2. The number of nitrogens with one attached hydrogen (secondary N) is 1. The molecule has 192 valence electrons. The second-order valence-electron chi connectivity index (χ2n) is 9.85. The van der Waals surface area contributed by atoms with Crippen LogP contribution in [0.15, 0.2) is 36.5 Å². The highest BCUT2D eigenvalue weighted by Crippen LogP contribution is 2.37. The molecule has 1 aliphatic carbocycles. The molecule has 3 heterocycles. The van der Waals surface area contributed by atoms with Gasteiger partial charge in [0.05, 0.1) is 37.6 Å². The number of morpholine rings is 1. The van der Waals surface area contributed by atoms with E-state index in [2.05, 4.69) is 16.4 Å². The average Bonchev–Trinajstić information content (AvgIpc) is 3.28. The number of anilines is 1. The third-order valence-electron chi connectivity index (χ3n) is 7.19. The Bertz CT molecular complexity index is 1180. The number of nitrogens with zero attached hydrogens (tertiary/aromatic N) is 4. The highest BCUT2D eigenvalue weighted by atomic mass is 16.5. The van der Waals surface area contributed by atoms with Gasteiger partial charge in [-0.25, -0.2) is 9.50 Å². The molecule has 36 heavy (non-hydrogen) atoms. The first-order chi connectivity index (χ1) is 17.5. The first kappa shape index (κ1) is 24.7. The van der Waals surface area contributed by atoms with Crippen LogP contribution in [-0.4, -0.2) is 82.7 Å². The van der Waals surface area contributed by atoms with Gasteiger partial charge in [-0.3, -0.25) is 4.79 Å². The molecule has 9 heteroatoms. The summed E-state index contributed by atoms with van der Waals surface area (Å²) in [4.78, 5) is 19.3. The number of ether oxygens (including phenoxy) is 2. The van der Waals surface area contributed by atoms with E-state index in [0.29, 0.717) is 50.3 Å². The molecular weight excluding hydrogens is 458 g/mol. The minimum Gasteiger partial charge on any atom is -0.393 e. The van der Waals surface area contributed by atoms with Crippen LogP contribution in [0, 0.1) is 0 Å². The number of hydrogen-bond acceptors (Lipinski definition) is 7. The van der Waals surface area contributed by atoms with Gasteiger partial charge in [-0.05, 0) is 56.4 Å². The van der Waals surface area contributed by atoms with Crippen molar-refractivity contribution in [3.8, 4) is 11.1 Å². The summed E-state index contributed by atoms with van der Waals surface area (Å²) in [5.74, 6) is 0.908. The molecule has 1 saturated carbocycles. The first-order valence-electron chi connectivity index (χ1n) is 12.8. The van der Waals surface area contributed by atoms with Crippen molar-refractivity contribution in [2.75, 3.05) is 45.3 Å². The van der Waals surface area contributed by atoms with E-state index in [9.17, 15) is 9.90 Å². The standard InChI is InChI=1S/C27H35N5O4/c1-18(17-35-2)29-27-28-16-25-23(15-24(32(25)30-27)20-7-9-22(33)10-8-20)19-3-5-21(6-4-19)26(34)31-11-13-36-14-12-31/h3-6,15-16,18,20,22,33H,7-14,17H2,1-2H3,(H,29,30)/t18?,20-,22-. The molecule has 2 N–H and O–H groups in total. The summed E-state index contributed by atoms with van der Waals surface area (Å²) >= 11 is 0. The van der Waals surface area contributed by atoms with Gasteiger partial charge in [0.1, 0.15) is 0 Å². The van der Waals surface area contributed by atoms with Crippen molar-refractivity contribution in [3.05, 3.63) is 47.8 Å². The molecule has 1 unspecified atom stereocenters. The zero-order chi connectivity index (χ0) is 25.1. The number of amides is 1. The number of benzene rings is 1. The Balaban J connectivity index is 1.47. The van der Waals surface area contributed by atoms with Crippen molar-refractivity contribution in [3.63, 3.8) is 0 Å². The topological polar surface area (TPSA) is 101 Å². The van der Waals surface area contributed by atoms with Gasteiger partial charge in [0.25, 0.3) is 5.91 Å². The van der Waals surface area contributed by atoms with Crippen LogP contribution in [0.3, 0.4) is 0 Å². The van der Waals surface area contributed by atoms with Gasteiger partial charge >= 0.3 is 0 Å². The Morgan fingerprint density at radius 1 is 1.19 bits per heavy atom. The smallest absolute Gasteiger partial charge is 0.254 e. The van der Waals surface area contributed by atoms with E-state index in [1.165, 1.54) is 0 Å². The molecule has 1 aromatic carbocycles. The summed E-state index contributed by atoms with van der Waals surface area (Å²) in [6, 6.07) is 10.1. The highest BCUT2D eigenvalue weighted by Gasteiger charge is 2.26. The first-order valence-corrected chi connectivity index (χ1v) is 12.8. The lowest BCUT2D eigenvalue weighted by Crippen LogP contribution is -2.40. The second-order valence-corrected chi connectivity index (χ2v) is 9.85. The monoisotopic (exact) mass is 493 g/mol. The van der Waals surface area contributed by atoms with Gasteiger partial charge in [-0.1, -0.05) is 12.1 Å². The summed E-state index contributed by atoms with van der Waals surface area (Å²) in [6.45, 7) is 5.01. The predicted molar refractivity (Wildman–Crippen MR) is 137 cm³/mol.